The van der Waals surface area contributed by atoms with Crippen LogP contribution in [0.5, 0.6) is 11.5 Å². The molecule has 3 aromatic rings. The Morgan fingerprint density at radius 2 is 1.88 bits per heavy atom. The first-order valence-corrected chi connectivity index (χ1v) is 12.4. The molecule has 3 aliphatic heterocycles. The average Bonchev–Trinajstić information content (AvgIpc) is 3.66. The normalized spacial score (nSPS) is 20.6. The first-order chi connectivity index (χ1) is 16.7. The molecule has 2 aromatic heterocycles. The first kappa shape index (κ1) is 21.4. The van der Waals surface area contributed by atoms with Crippen molar-refractivity contribution in [2.75, 3.05) is 39.5 Å². The number of carbonyl (C=O) groups excluding carboxylic acids is 1. The summed E-state index contributed by atoms with van der Waals surface area (Å²) in [6, 6.07) is 13.8. The molecule has 0 bridgehead atoms. The van der Waals surface area contributed by atoms with Crippen molar-refractivity contribution in [1.82, 2.24) is 14.8 Å². The maximum absolute atomic E-state index is 13.3. The zero-order valence-corrected chi connectivity index (χ0v) is 19.6. The van der Waals surface area contributed by atoms with Crippen molar-refractivity contribution in [3.05, 3.63) is 70.3 Å². The van der Waals surface area contributed by atoms with E-state index >= 15 is 0 Å². The quantitative estimate of drug-likeness (QED) is 0.540. The fraction of sp³-hybridized carbons (Fsp3) is 0.360. The molecule has 34 heavy (non-hydrogen) atoms. The summed E-state index contributed by atoms with van der Waals surface area (Å²) in [6.07, 6.45) is 2.32. The predicted molar refractivity (Wildman–Crippen MR) is 128 cm³/mol. The highest BCUT2D eigenvalue weighted by molar-refractivity contribution is 7.12. The van der Waals surface area contributed by atoms with Crippen molar-refractivity contribution in [3.63, 3.8) is 0 Å². The van der Waals surface area contributed by atoms with Crippen LogP contribution in [0.1, 0.15) is 28.7 Å². The second kappa shape index (κ2) is 9.25. The molecule has 6 rings (SSSR count). The van der Waals surface area contributed by atoms with Gasteiger partial charge in [0.05, 0.1) is 23.4 Å². The summed E-state index contributed by atoms with van der Waals surface area (Å²) in [4.78, 5) is 19.0. The van der Waals surface area contributed by atoms with Crippen LogP contribution in [0.25, 0.3) is 0 Å². The van der Waals surface area contributed by atoms with Crippen molar-refractivity contribution in [2.45, 2.75) is 19.0 Å². The van der Waals surface area contributed by atoms with Gasteiger partial charge in [0.1, 0.15) is 11.8 Å². The van der Waals surface area contributed by atoms with Gasteiger partial charge in [0.25, 0.3) is 5.91 Å². The summed E-state index contributed by atoms with van der Waals surface area (Å²) in [6.45, 7) is 5.02. The van der Waals surface area contributed by atoms with Crippen molar-refractivity contribution >= 4 is 23.0 Å². The van der Waals surface area contributed by atoms with Gasteiger partial charge in [0.2, 0.25) is 6.79 Å². The van der Waals surface area contributed by atoms with Crippen molar-refractivity contribution in [2.24, 2.45) is 5.10 Å². The molecule has 0 radical (unpaired) electrons. The van der Waals surface area contributed by atoms with Crippen LogP contribution in [0, 0.1) is 0 Å². The molecule has 0 N–H and O–H groups in total. The zero-order chi connectivity index (χ0) is 22.9. The number of carbonyl (C=O) groups is 1. The maximum Gasteiger partial charge on any atom is 0.257 e. The van der Waals surface area contributed by atoms with E-state index in [2.05, 4.69) is 28.0 Å². The Labute approximate surface area is 202 Å². The van der Waals surface area contributed by atoms with E-state index < -0.39 is 0 Å². The van der Waals surface area contributed by atoms with Crippen molar-refractivity contribution in [3.8, 4) is 11.5 Å². The number of benzene rings is 1. The number of thiophene rings is 1. The van der Waals surface area contributed by atoms with Crippen LogP contribution in [0.2, 0.25) is 0 Å². The van der Waals surface area contributed by atoms with Crippen LogP contribution in [0.4, 0.5) is 0 Å². The standard InChI is InChI=1S/C25H26N4O4S/c30-25(29-20(21-3-1-11-31-21)14-19(26-29)24-4-2-12-34-24)16-28-9-7-27(8-10-28)15-18-5-6-22-23(13-18)33-17-32-22/h1-6,11-13,20H,7-10,14-17H2/t20-/m1/s1. The third-order valence-electron chi connectivity index (χ3n) is 6.51. The third-order valence-corrected chi connectivity index (χ3v) is 7.43. The summed E-state index contributed by atoms with van der Waals surface area (Å²) in [5, 5.41) is 8.39. The monoisotopic (exact) mass is 478 g/mol. The van der Waals surface area contributed by atoms with E-state index in [-0.39, 0.29) is 11.9 Å². The molecule has 0 saturated carbocycles. The van der Waals surface area contributed by atoms with Gasteiger partial charge in [-0.3, -0.25) is 14.6 Å². The second-order valence-corrected chi connectivity index (χ2v) is 9.69. The molecule has 1 aromatic carbocycles. The molecular formula is C25H26N4O4S. The van der Waals surface area contributed by atoms with E-state index in [0.717, 1.165) is 60.6 Å². The minimum absolute atomic E-state index is 0.0113. The van der Waals surface area contributed by atoms with Gasteiger partial charge in [-0.1, -0.05) is 12.1 Å². The van der Waals surface area contributed by atoms with E-state index in [4.69, 9.17) is 19.0 Å². The summed E-state index contributed by atoms with van der Waals surface area (Å²) < 4.78 is 16.6. The number of furan rings is 1. The Kier molecular flexibility index (Phi) is 5.82. The minimum Gasteiger partial charge on any atom is -0.467 e. The maximum atomic E-state index is 13.3. The molecule has 1 saturated heterocycles. The molecule has 1 fully saturated rings. The molecule has 9 heteroatoms. The number of piperazine rings is 1. The number of fused-ring (bicyclic) bond motifs is 1. The number of hydrogen-bond donors (Lipinski definition) is 0. The minimum atomic E-state index is -0.188. The molecule has 8 nitrogen and oxygen atoms in total. The van der Waals surface area contributed by atoms with Crippen molar-refractivity contribution in [1.29, 1.82) is 0 Å². The van der Waals surface area contributed by atoms with E-state index in [1.807, 2.05) is 29.6 Å². The van der Waals surface area contributed by atoms with E-state index in [0.29, 0.717) is 19.8 Å². The topological polar surface area (TPSA) is 70.8 Å². The highest BCUT2D eigenvalue weighted by Crippen LogP contribution is 2.35. The zero-order valence-electron chi connectivity index (χ0n) is 18.8. The van der Waals surface area contributed by atoms with Gasteiger partial charge in [-0.2, -0.15) is 5.10 Å². The number of hydrogen-bond acceptors (Lipinski definition) is 8. The van der Waals surface area contributed by atoms with Crippen LogP contribution in [0.3, 0.4) is 0 Å². The van der Waals surface area contributed by atoms with Crippen LogP contribution in [-0.4, -0.2) is 65.9 Å². The lowest BCUT2D eigenvalue weighted by Gasteiger charge is -2.35. The molecular weight excluding hydrogens is 452 g/mol. The first-order valence-electron chi connectivity index (χ1n) is 11.5. The Morgan fingerprint density at radius 1 is 1.03 bits per heavy atom. The van der Waals surface area contributed by atoms with Gasteiger partial charge in [-0.25, -0.2) is 5.01 Å². The lowest BCUT2D eigenvalue weighted by atomic mass is 10.1. The molecule has 1 amide bonds. The number of ether oxygens (including phenoxy) is 2. The van der Waals surface area contributed by atoms with Crippen LogP contribution in [-0.2, 0) is 11.3 Å². The van der Waals surface area contributed by atoms with E-state index in [1.54, 1.807) is 22.6 Å². The predicted octanol–water partition coefficient (Wildman–Crippen LogP) is 3.57. The molecule has 3 aliphatic rings. The van der Waals surface area contributed by atoms with Crippen LogP contribution < -0.4 is 9.47 Å². The molecule has 0 spiro atoms. The lowest BCUT2D eigenvalue weighted by molar-refractivity contribution is -0.135. The summed E-state index contributed by atoms with van der Waals surface area (Å²) in [5.74, 6) is 2.42. The SMILES string of the molecule is O=C(CN1CCN(Cc2ccc3c(c2)OCO3)CC1)N1N=C(c2cccs2)C[C@@H]1c1ccco1. The fourth-order valence-electron chi connectivity index (χ4n) is 4.70. The smallest absolute Gasteiger partial charge is 0.257 e. The Hall–Kier alpha value is -3.14. The van der Waals surface area contributed by atoms with Gasteiger partial charge in [0, 0.05) is 39.1 Å². The van der Waals surface area contributed by atoms with Gasteiger partial charge >= 0.3 is 0 Å². The second-order valence-electron chi connectivity index (χ2n) is 8.74. The van der Waals surface area contributed by atoms with E-state index in [1.165, 1.54) is 5.56 Å². The van der Waals surface area contributed by atoms with Crippen molar-refractivity contribution < 1.29 is 18.7 Å². The summed E-state index contributed by atoms with van der Waals surface area (Å²) >= 11 is 1.65. The highest BCUT2D eigenvalue weighted by Gasteiger charge is 2.36. The fourth-order valence-corrected chi connectivity index (χ4v) is 5.42. The Balaban J connectivity index is 1.07. The van der Waals surface area contributed by atoms with Crippen LogP contribution >= 0.6 is 11.3 Å². The molecule has 0 aliphatic carbocycles. The molecule has 5 heterocycles. The Morgan fingerprint density at radius 3 is 2.68 bits per heavy atom. The molecule has 0 unspecified atom stereocenters. The number of rotatable bonds is 6. The van der Waals surface area contributed by atoms with Gasteiger partial charge in [0.15, 0.2) is 11.5 Å². The molecule has 176 valence electrons. The van der Waals surface area contributed by atoms with Gasteiger partial charge in [-0.15, -0.1) is 11.3 Å². The van der Waals surface area contributed by atoms with Crippen LogP contribution in [0.15, 0.2) is 63.6 Å². The third kappa shape index (κ3) is 4.34. The van der Waals surface area contributed by atoms with E-state index in [9.17, 15) is 4.79 Å². The number of nitrogens with zero attached hydrogens (tertiary/aromatic N) is 4. The van der Waals surface area contributed by atoms with Gasteiger partial charge < -0.3 is 13.9 Å². The largest absolute Gasteiger partial charge is 0.467 e. The number of hydrazone groups is 1. The molecule has 1 atom stereocenters. The summed E-state index contributed by atoms with van der Waals surface area (Å²) in [5.41, 5.74) is 2.15. The lowest BCUT2D eigenvalue weighted by Crippen LogP contribution is -2.49. The Bertz CT molecular complexity index is 1170. The number of amides is 1. The highest BCUT2D eigenvalue weighted by atomic mass is 32.1. The summed E-state index contributed by atoms with van der Waals surface area (Å²) in [7, 11) is 0. The van der Waals surface area contributed by atoms with Gasteiger partial charge in [-0.05, 0) is 41.3 Å². The average molecular weight is 479 g/mol.